The van der Waals surface area contributed by atoms with Crippen LogP contribution in [-0.4, -0.2) is 41.9 Å². The second-order valence-corrected chi connectivity index (χ2v) is 6.68. The number of halogens is 1. The molecule has 0 radical (unpaired) electrons. The van der Waals surface area contributed by atoms with E-state index >= 15 is 0 Å². The maximum Gasteiger partial charge on any atom is 0.270 e. The summed E-state index contributed by atoms with van der Waals surface area (Å²) in [7, 11) is 0. The van der Waals surface area contributed by atoms with Gasteiger partial charge in [-0.3, -0.25) is 14.9 Å². The van der Waals surface area contributed by atoms with E-state index in [9.17, 15) is 20.2 Å². The number of nitrogens with zero attached hydrogens (tertiary/aromatic N) is 4. The quantitative estimate of drug-likeness (QED) is 0.567. The number of hydrogen-bond acceptors (Lipinski definition) is 5. The number of benzene rings is 2. The Labute approximate surface area is 158 Å². The number of non-ortho nitro benzene ring substituents is 1. The van der Waals surface area contributed by atoms with E-state index in [0.717, 1.165) is 4.47 Å². The van der Waals surface area contributed by atoms with Crippen LogP contribution in [0.2, 0.25) is 0 Å². The van der Waals surface area contributed by atoms with Gasteiger partial charge in [-0.25, -0.2) is 0 Å². The van der Waals surface area contributed by atoms with E-state index in [1.54, 1.807) is 17.0 Å². The van der Waals surface area contributed by atoms with E-state index < -0.39 is 4.92 Å². The van der Waals surface area contributed by atoms with E-state index in [2.05, 4.69) is 15.9 Å². The first-order chi connectivity index (χ1) is 12.5. The Morgan fingerprint density at radius 1 is 1.15 bits per heavy atom. The van der Waals surface area contributed by atoms with Gasteiger partial charge >= 0.3 is 0 Å². The van der Waals surface area contributed by atoms with Gasteiger partial charge in [0, 0.05) is 42.8 Å². The highest BCUT2D eigenvalue weighted by Gasteiger charge is 2.25. The molecule has 1 aliphatic heterocycles. The molecule has 0 saturated carbocycles. The van der Waals surface area contributed by atoms with Crippen molar-refractivity contribution < 1.29 is 9.72 Å². The van der Waals surface area contributed by atoms with Crippen LogP contribution < -0.4 is 4.90 Å². The molecule has 8 heteroatoms. The summed E-state index contributed by atoms with van der Waals surface area (Å²) in [5.41, 5.74) is 1.44. The highest BCUT2D eigenvalue weighted by Crippen LogP contribution is 2.26. The van der Waals surface area contributed by atoms with Gasteiger partial charge in [-0.1, -0.05) is 12.1 Å². The molecule has 7 nitrogen and oxygen atoms in total. The third-order valence-electron chi connectivity index (χ3n) is 4.32. The van der Waals surface area contributed by atoms with Crippen molar-refractivity contribution in [3.05, 3.63) is 68.2 Å². The molecule has 0 aromatic heterocycles. The van der Waals surface area contributed by atoms with Crippen LogP contribution in [0.15, 0.2) is 46.9 Å². The van der Waals surface area contributed by atoms with Gasteiger partial charge in [0.2, 0.25) is 0 Å². The molecular weight excluding hydrogens is 400 g/mol. The number of piperazine rings is 1. The van der Waals surface area contributed by atoms with Gasteiger partial charge < -0.3 is 9.80 Å². The average molecular weight is 415 g/mol. The van der Waals surface area contributed by atoms with Crippen molar-refractivity contribution in [1.82, 2.24) is 4.90 Å². The summed E-state index contributed by atoms with van der Waals surface area (Å²) in [5.74, 6) is -0.0404. The first kappa shape index (κ1) is 17.9. The lowest BCUT2D eigenvalue weighted by molar-refractivity contribution is -0.384. The first-order valence-electron chi connectivity index (χ1n) is 7.98. The third-order valence-corrected chi connectivity index (χ3v) is 5.01. The Morgan fingerprint density at radius 3 is 2.46 bits per heavy atom. The molecule has 0 spiro atoms. The summed E-state index contributed by atoms with van der Waals surface area (Å²) >= 11 is 3.40. The number of amides is 1. The average Bonchev–Trinajstić information content (AvgIpc) is 2.67. The molecule has 1 saturated heterocycles. The Balaban J connectivity index is 1.73. The SMILES string of the molecule is N#Cc1cc([N+](=O)[O-])ccc1N1CCN(C(=O)c2ccccc2Br)CC1. The van der Waals surface area contributed by atoms with Gasteiger partial charge in [0.15, 0.2) is 0 Å². The van der Waals surface area contributed by atoms with Crippen LogP contribution in [0.3, 0.4) is 0 Å². The minimum absolute atomic E-state index is 0.0404. The fourth-order valence-corrected chi connectivity index (χ4v) is 3.41. The van der Waals surface area contributed by atoms with Crippen LogP contribution in [0.5, 0.6) is 0 Å². The van der Waals surface area contributed by atoms with E-state index in [0.29, 0.717) is 37.4 Å². The lowest BCUT2D eigenvalue weighted by Gasteiger charge is -2.36. The molecule has 3 rings (SSSR count). The molecule has 0 unspecified atom stereocenters. The maximum absolute atomic E-state index is 12.7. The molecule has 26 heavy (non-hydrogen) atoms. The predicted octanol–water partition coefficient (Wildman–Crippen LogP) is 3.19. The molecule has 2 aromatic carbocycles. The van der Waals surface area contributed by atoms with E-state index in [4.69, 9.17) is 0 Å². The number of rotatable bonds is 3. The molecule has 132 valence electrons. The monoisotopic (exact) mass is 414 g/mol. The summed E-state index contributed by atoms with van der Waals surface area (Å²) in [6.45, 7) is 2.15. The number of nitro benzene ring substituents is 1. The summed E-state index contributed by atoms with van der Waals surface area (Å²) in [6, 6.07) is 13.6. The van der Waals surface area contributed by atoms with Gasteiger partial charge in [0.05, 0.1) is 21.7 Å². The van der Waals surface area contributed by atoms with Crippen LogP contribution in [0, 0.1) is 21.4 Å². The van der Waals surface area contributed by atoms with Crippen molar-refractivity contribution in [3.8, 4) is 6.07 Å². The van der Waals surface area contributed by atoms with Gasteiger partial charge in [-0.05, 0) is 34.1 Å². The number of carbonyl (C=O) groups excluding carboxylic acids is 1. The van der Waals surface area contributed by atoms with Crippen LogP contribution in [0.4, 0.5) is 11.4 Å². The van der Waals surface area contributed by atoms with E-state index in [1.165, 1.54) is 12.1 Å². The molecule has 0 N–H and O–H groups in total. The highest BCUT2D eigenvalue weighted by atomic mass is 79.9. The molecule has 1 aliphatic rings. The summed E-state index contributed by atoms with van der Waals surface area (Å²) in [5, 5.41) is 20.2. The predicted molar refractivity (Wildman–Crippen MR) is 100 cm³/mol. The molecule has 0 bridgehead atoms. The number of anilines is 1. The number of nitriles is 1. The lowest BCUT2D eigenvalue weighted by atomic mass is 10.1. The van der Waals surface area contributed by atoms with Crippen molar-refractivity contribution in [1.29, 1.82) is 5.26 Å². The largest absolute Gasteiger partial charge is 0.367 e. The fourth-order valence-electron chi connectivity index (χ4n) is 2.96. The first-order valence-corrected chi connectivity index (χ1v) is 8.78. The second kappa shape index (κ2) is 7.54. The van der Waals surface area contributed by atoms with Crippen LogP contribution >= 0.6 is 15.9 Å². The van der Waals surface area contributed by atoms with Crippen LogP contribution in [-0.2, 0) is 0 Å². The van der Waals surface area contributed by atoms with E-state index in [-0.39, 0.29) is 17.2 Å². The molecule has 1 amide bonds. The normalized spacial score (nSPS) is 14.0. The molecule has 2 aromatic rings. The van der Waals surface area contributed by atoms with Crippen molar-refractivity contribution >= 4 is 33.2 Å². The van der Waals surface area contributed by atoms with Crippen molar-refractivity contribution in [2.24, 2.45) is 0 Å². The zero-order valence-corrected chi connectivity index (χ0v) is 15.3. The minimum atomic E-state index is -0.515. The smallest absolute Gasteiger partial charge is 0.270 e. The zero-order valence-electron chi connectivity index (χ0n) is 13.8. The molecule has 0 atom stereocenters. The Hall–Kier alpha value is -2.92. The van der Waals surface area contributed by atoms with E-state index in [1.807, 2.05) is 29.2 Å². The Morgan fingerprint density at radius 2 is 1.85 bits per heavy atom. The zero-order chi connectivity index (χ0) is 18.7. The number of nitro groups is 1. The highest BCUT2D eigenvalue weighted by molar-refractivity contribution is 9.10. The van der Waals surface area contributed by atoms with Crippen molar-refractivity contribution in [2.75, 3.05) is 31.1 Å². The topological polar surface area (TPSA) is 90.5 Å². The van der Waals surface area contributed by atoms with Gasteiger partial charge in [0.25, 0.3) is 11.6 Å². The molecule has 0 aliphatic carbocycles. The van der Waals surface area contributed by atoms with Crippen LogP contribution in [0.1, 0.15) is 15.9 Å². The number of hydrogen-bond donors (Lipinski definition) is 0. The third kappa shape index (κ3) is 3.53. The van der Waals surface area contributed by atoms with Gasteiger partial charge in [-0.2, -0.15) is 5.26 Å². The standard InChI is InChI=1S/C18H15BrN4O3/c19-16-4-2-1-3-15(16)18(24)22-9-7-21(8-10-22)17-6-5-14(23(25)26)11-13(17)12-20/h1-6,11H,7-10H2. The molecular formula is C18H15BrN4O3. The molecule has 1 heterocycles. The Kier molecular flexibility index (Phi) is 5.19. The minimum Gasteiger partial charge on any atom is -0.367 e. The summed E-state index contributed by atoms with van der Waals surface area (Å²) < 4.78 is 0.759. The summed E-state index contributed by atoms with van der Waals surface area (Å²) in [6.07, 6.45) is 0. The van der Waals surface area contributed by atoms with Crippen molar-refractivity contribution in [2.45, 2.75) is 0 Å². The fraction of sp³-hybridized carbons (Fsp3) is 0.222. The second-order valence-electron chi connectivity index (χ2n) is 5.83. The summed E-state index contributed by atoms with van der Waals surface area (Å²) in [4.78, 5) is 26.8. The van der Waals surface area contributed by atoms with Gasteiger partial charge in [-0.15, -0.1) is 0 Å². The Bertz CT molecular complexity index is 902. The maximum atomic E-state index is 12.7. The number of carbonyl (C=O) groups is 1. The van der Waals surface area contributed by atoms with Gasteiger partial charge in [0.1, 0.15) is 6.07 Å². The lowest BCUT2D eigenvalue weighted by Crippen LogP contribution is -2.49. The molecule has 1 fully saturated rings. The van der Waals surface area contributed by atoms with Crippen LogP contribution in [0.25, 0.3) is 0 Å². The van der Waals surface area contributed by atoms with Crippen molar-refractivity contribution in [3.63, 3.8) is 0 Å².